The lowest BCUT2D eigenvalue weighted by molar-refractivity contribution is -0.0167. The van der Waals surface area contributed by atoms with Crippen LogP contribution in [-0.2, 0) is 4.74 Å². The van der Waals surface area contributed by atoms with Gasteiger partial charge in [0.15, 0.2) is 0 Å². The first-order valence-corrected chi connectivity index (χ1v) is 7.25. The summed E-state index contributed by atoms with van der Waals surface area (Å²) in [6, 6.07) is 14.1. The minimum atomic E-state index is -0.139. The highest BCUT2D eigenvalue weighted by atomic mass is 16.5. The first-order chi connectivity index (χ1) is 9.96. The van der Waals surface area contributed by atoms with E-state index < -0.39 is 0 Å². The number of hydrogen-bond acceptors (Lipinski definition) is 3. The summed E-state index contributed by atoms with van der Waals surface area (Å²) in [5, 5.41) is 0. The Morgan fingerprint density at radius 1 is 0.952 bits per heavy atom. The van der Waals surface area contributed by atoms with Crippen molar-refractivity contribution < 1.29 is 9.47 Å². The van der Waals surface area contributed by atoms with Crippen LogP contribution in [0.5, 0.6) is 5.88 Å². The van der Waals surface area contributed by atoms with Crippen molar-refractivity contribution in [2.75, 3.05) is 13.2 Å². The molecule has 0 saturated heterocycles. The molecular weight excluding hydrogens is 262 g/mol. The lowest BCUT2D eigenvalue weighted by atomic mass is 10.1. The third-order valence-corrected chi connectivity index (χ3v) is 3.01. The molecule has 3 nitrogen and oxygen atoms in total. The van der Waals surface area contributed by atoms with E-state index in [-0.39, 0.29) is 5.60 Å². The van der Waals surface area contributed by atoms with E-state index in [4.69, 9.17) is 9.47 Å². The van der Waals surface area contributed by atoms with Crippen molar-refractivity contribution in [2.24, 2.45) is 0 Å². The number of pyridine rings is 1. The average Bonchev–Trinajstić information content (AvgIpc) is 2.43. The number of aryl methyl sites for hydroxylation is 1. The average molecular weight is 285 g/mol. The molecule has 3 heteroatoms. The second-order valence-electron chi connectivity index (χ2n) is 5.99. The fourth-order valence-electron chi connectivity index (χ4n) is 2.00. The molecule has 0 fully saturated rings. The highest BCUT2D eigenvalue weighted by molar-refractivity contribution is 5.63. The molecule has 1 aromatic carbocycles. The largest absolute Gasteiger partial charge is 0.475 e. The Bertz CT molecular complexity index is 588. The molecule has 1 aromatic heterocycles. The fourth-order valence-corrected chi connectivity index (χ4v) is 2.00. The number of hydrogen-bond donors (Lipinski definition) is 0. The van der Waals surface area contributed by atoms with E-state index >= 15 is 0 Å². The van der Waals surface area contributed by atoms with Gasteiger partial charge in [0, 0.05) is 11.6 Å². The van der Waals surface area contributed by atoms with Gasteiger partial charge < -0.3 is 9.47 Å². The van der Waals surface area contributed by atoms with Gasteiger partial charge in [-0.25, -0.2) is 4.98 Å². The molecule has 0 N–H and O–H groups in total. The molecular formula is C18H23NO2. The van der Waals surface area contributed by atoms with Crippen molar-refractivity contribution in [3.63, 3.8) is 0 Å². The van der Waals surface area contributed by atoms with Gasteiger partial charge in [0.05, 0.1) is 17.9 Å². The normalized spacial score (nSPS) is 11.4. The summed E-state index contributed by atoms with van der Waals surface area (Å²) in [4.78, 5) is 4.56. The van der Waals surface area contributed by atoms with Crippen molar-refractivity contribution in [2.45, 2.75) is 33.3 Å². The molecule has 0 amide bonds. The van der Waals surface area contributed by atoms with Crippen LogP contribution in [0.2, 0.25) is 0 Å². The molecule has 1 heterocycles. The molecule has 0 radical (unpaired) electrons. The van der Waals surface area contributed by atoms with Crippen molar-refractivity contribution in [3.8, 4) is 17.1 Å². The number of aromatic nitrogens is 1. The highest BCUT2D eigenvalue weighted by Crippen LogP contribution is 2.23. The van der Waals surface area contributed by atoms with Crippen LogP contribution in [0.15, 0.2) is 42.5 Å². The predicted octanol–water partition coefficient (Wildman–Crippen LogP) is 4.25. The number of ether oxygens (including phenoxy) is 2. The molecule has 0 spiro atoms. The van der Waals surface area contributed by atoms with Gasteiger partial charge in [-0.1, -0.05) is 30.3 Å². The number of benzene rings is 1. The molecule has 21 heavy (non-hydrogen) atoms. The molecule has 0 aliphatic carbocycles. The van der Waals surface area contributed by atoms with Crippen molar-refractivity contribution in [1.82, 2.24) is 4.98 Å². The van der Waals surface area contributed by atoms with E-state index in [9.17, 15) is 0 Å². The van der Waals surface area contributed by atoms with Crippen LogP contribution in [0, 0.1) is 6.92 Å². The third kappa shape index (κ3) is 4.87. The van der Waals surface area contributed by atoms with Gasteiger partial charge in [0.2, 0.25) is 5.88 Å². The second-order valence-corrected chi connectivity index (χ2v) is 5.99. The minimum absolute atomic E-state index is 0.139. The van der Waals surface area contributed by atoms with E-state index in [0.717, 1.165) is 11.3 Å². The van der Waals surface area contributed by atoms with E-state index in [1.54, 1.807) is 0 Å². The van der Waals surface area contributed by atoms with Gasteiger partial charge in [-0.2, -0.15) is 0 Å². The third-order valence-electron chi connectivity index (χ3n) is 3.01. The Labute approximate surface area is 126 Å². The van der Waals surface area contributed by atoms with Crippen LogP contribution >= 0.6 is 0 Å². The molecule has 2 aromatic rings. The van der Waals surface area contributed by atoms with Crippen molar-refractivity contribution >= 4 is 0 Å². The van der Waals surface area contributed by atoms with Crippen LogP contribution in [0.3, 0.4) is 0 Å². The fraction of sp³-hybridized carbons (Fsp3) is 0.389. The van der Waals surface area contributed by atoms with Crippen LogP contribution in [0.4, 0.5) is 0 Å². The molecule has 0 unspecified atom stereocenters. The smallest absolute Gasteiger partial charge is 0.213 e. The summed E-state index contributed by atoms with van der Waals surface area (Å²) < 4.78 is 11.3. The van der Waals surface area contributed by atoms with Gasteiger partial charge in [-0.3, -0.25) is 0 Å². The van der Waals surface area contributed by atoms with E-state index in [2.05, 4.69) is 24.0 Å². The summed E-state index contributed by atoms with van der Waals surface area (Å²) in [5.74, 6) is 0.633. The SMILES string of the molecule is Cc1ccccc1-c1cccc(OCCOC(C)(C)C)n1. The summed E-state index contributed by atoms with van der Waals surface area (Å²) in [5.41, 5.74) is 3.13. The molecule has 0 bridgehead atoms. The lowest BCUT2D eigenvalue weighted by Crippen LogP contribution is -2.22. The van der Waals surface area contributed by atoms with E-state index in [1.165, 1.54) is 5.56 Å². The Kier molecular flexibility index (Phi) is 4.97. The summed E-state index contributed by atoms with van der Waals surface area (Å²) in [7, 11) is 0. The zero-order chi connectivity index (χ0) is 15.3. The Hall–Kier alpha value is -1.87. The van der Waals surface area contributed by atoms with Crippen LogP contribution < -0.4 is 4.74 Å². The topological polar surface area (TPSA) is 31.4 Å². The molecule has 0 aliphatic heterocycles. The maximum atomic E-state index is 5.67. The molecule has 0 saturated carbocycles. The molecule has 0 aliphatic rings. The van der Waals surface area contributed by atoms with Gasteiger partial charge >= 0.3 is 0 Å². The van der Waals surface area contributed by atoms with Crippen LogP contribution in [0.1, 0.15) is 26.3 Å². The predicted molar refractivity (Wildman–Crippen MR) is 85.6 cm³/mol. The molecule has 2 rings (SSSR count). The quantitative estimate of drug-likeness (QED) is 0.770. The zero-order valence-electron chi connectivity index (χ0n) is 13.2. The zero-order valence-corrected chi connectivity index (χ0v) is 13.2. The molecule has 0 atom stereocenters. The second kappa shape index (κ2) is 6.72. The van der Waals surface area contributed by atoms with Gasteiger partial charge in [0.25, 0.3) is 0 Å². The number of rotatable bonds is 5. The summed E-state index contributed by atoms with van der Waals surface area (Å²) >= 11 is 0. The summed E-state index contributed by atoms with van der Waals surface area (Å²) in [6.07, 6.45) is 0. The Morgan fingerprint density at radius 3 is 2.43 bits per heavy atom. The van der Waals surface area contributed by atoms with E-state index in [0.29, 0.717) is 19.1 Å². The molecule has 112 valence electrons. The highest BCUT2D eigenvalue weighted by Gasteiger charge is 2.09. The summed E-state index contributed by atoms with van der Waals surface area (Å²) in [6.45, 7) is 9.24. The minimum Gasteiger partial charge on any atom is -0.475 e. The lowest BCUT2D eigenvalue weighted by Gasteiger charge is -2.19. The number of nitrogens with zero attached hydrogens (tertiary/aromatic N) is 1. The van der Waals surface area contributed by atoms with Gasteiger partial charge in [-0.15, -0.1) is 0 Å². The van der Waals surface area contributed by atoms with Crippen molar-refractivity contribution in [3.05, 3.63) is 48.0 Å². The maximum Gasteiger partial charge on any atom is 0.213 e. The van der Waals surface area contributed by atoms with E-state index in [1.807, 2.05) is 51.1 Å². The Balaban J connectivity index is 2.00. The van der Waals surface area contributed by atoms with Crippen LogP contribution in [-0.4, -0.2) is 23.8 Å². The first-order valence-electron chi connectivity index (χ1n) is 7.25. The van der Waals surface area contributed by atoms with Gasteiger partial charge in [-0.05, 0) is 39.3 Å². The monoisotopic (exact) mass is 285 g/mol. The maximum absolute atomic E-state index is 5.67. The van der Waals surface area contributed by atoms with Crippen molar-refractivity contribution in [1.29, 1.82) is 0 Å². The van der Waals surface area contributed by atoms with Crippen LogP contribution in [0.25, 0.3) is 11.3 Å². The first kappa shape index (κ1) is 15.5. The Morgan fingerprint density at radius 2 is 1.71 bits per heavy atom. The van der Waals surface area contributed by atoms with Gasteiger partial charge in [0.1, 0.15) is 6.61 Å². The standard InChI is InChI=1S/C18H23NO2/c1-14-8-5-6-9-15(14)16-10-7-11-17(19-16)20-12-13-21-18(2,3)4/h5-11H,12-13H2,1-4H3.